The van der Waals surface area contributed by atoms with Gasteiger partial charge in [0.1, 0.15) is 13.2 Å². The van der Waals surface area contributed by atoms with Crippen LogP contribution in [0.5, 0.6) is 0 Å². The van der Waals surface area contributed by atoms with Gasteiger partial charge in [-0.1, -0.05) is 215 Å². The average Bonchev–Trinajstić information content (AvgIpc) is 3.29. The smallest absolute Gasteiger partial charge is 0.306 e. The van der Waals surface area contributed by atoms with Crippen LogP contribution in [-0.4, -0.2) is 37.2 Å². The van der Waals surface area contributed by atoms with Crippen molar-refractivity contribution in [3.8, 4) is 0 Å². The predicted molar refractivity (Wildman–Crippen MR) is 274 cm³/mol. The zero-order valence-electron chi connectivity index (χ0n) is 41.8. The molecule has 0 unspecified atom stereocenters. The number of hydrogen-bond donors (Lipinski definition) is 0. The highest BCUT2D eigenvalue weighted by molar-refractivity contribution is 5.71. The minimum Gasteiger partial charge on any atom is -0.462 e. The summed E-state index contributed by atoms with van der Waals surface area (Å²) in [5.41, 5.74) is 0. The van der Waals surface area contributed by atoms with Crippen LogP contribution in [0.2, 0.25) is 0 Å². The van der Waals surface area contributed by atoms with Crippen LogP contribution in [0.1, 0.15) is 245 Å². The van der Waals surface area contributed by atoms with Crippen LogP contribution in [0.15, 0.2) is 85.1 Å². The second kappa shape index (κ2) is 52.2. The fraction of sp³-hybridized carbons (Fsp3) is 0.707. The Morgan fingerprint density at radius 1 is 0.328 bits per heavy atom. The van der Waals surface area contributed by atoms with Gasteiger partial charge in [-0.15, -0.1) is 0 Å². The minimum atomic E-state index is -0.798. The third-order valence-electron chi connectivity index (χ3n) is 11.1. The van der Waals surface area contributed by atoms with Crippen LogP contribution in [0.4, 0.5) is 0 Å². The van der Waals surface area contributed by atoms with Gasteiger partial charge in [-0.2, -0.15) is 0 Å². The molecule has 0 aromatic carbocycles. The van der Waals surface area contributed by atoms with Crippen molar-refractivity contribution in [3.63, 3.8) is 0 Å². The number of ether oxygens (including phenoxy) is 3. The molecule has 0 spiro atoms. The van der Waals surface area contributed by atoms with E-state index in [4.69, 9.17) is 14.2 Å². The Morgan fingerprint density at radius 2 is 0.609 bits per heavy atom. The standard InChI is InChI=1S/C58H98O6/c1-4-7-10-13-16-19-22-25-27-28-29-30-32-34-37-40-43-46-49-52-58(61)64-55(53-62-56(59)50-47-44-41-38-35-24-21-18-15-12-9-6-3)54-63-57(60)51-48-45-42-39-36-33-31-26-23-20-17-14-11-8-5-2/h7,10,16-17,19-20,25-27,29-31,34,37,55H,4-6,8-9,11-15,18,21-24,28,32-33,35-36,38-54H2,1-3H3/b10-7-,19-16-,20-17-,27-25-,30-29-,31-26-,37-34-/t55-/m0/s1. The molecule has 0 aromatic rings. The number of esters is 3. The van der Waals surface area contributed by atoms with Gasteiger partial charge < -0.3 is 14.2 Å². The first-order valence-electron chi connectivity index (χ1n) is 26.6. The molecule has 0 aliphatic heterocycles. The third-order valence-corrected chi connectivity index (χ3v) is 11.1. The fourth-order valence-corrected chi connectivity index (χ4v) is 7.15. The molecule has 366 valence electrons. The molecule has 0 rings (SSSR count). The Bertz CT molecular complexity index is 1250. The molecule has 0 aliphatic rings. The van der Waals surface area contributed by atoms with Crippen LogP contribution in [-0.2, 0) is 28.6 Å². The minimum absolute atomic E-state index is 0.0934. The average molecular weight is 891 g/mol. The van der Waals surface area contributed by atoms with E-state index in [1.54, 1.807) is 0 Å². The highest BCUT2D eigenvalue weighted by atomic mass is 16.6. The second-order valence-electron chi connectivity index (χ2n) is 17.4. The maximum Gasteiger partial charge on any atom is 0.306 e. The molecule has 6 heteroatoms. The maximum atomic E-state index is 12.8. The van der Waals surface area contributed by atoms with E-state index in [9.17, 15) is 14.4 Å². The lowest BCUT2D eigenvalue weighted by Gasteiger charge is -2.18. The Kier molecular flexibility index (Phi) is 49.4. The van der Waals surface area contributed by atoms with Gasteiger partial charge in [0.25, 0.3) is 0 Å². The van der Waals surface area contributed by atoms with Gasteiger partial charge in [0.05, 0.1) is 0 Å². The van der Waals surface area contributed by atoms with Gasteiger partial charge in [-0.05, 0) is 96.3 Å². The molecule has 64 heavy (non-hydrogen) atoms. The van der Waals surface area contributed by atoms with Crippen molar-refractivity contribution in [2.24, 2.45) is 0 Å². The van der Waals surface area contributed by atoms with Crippen molar-refractivity contribution in [3.05, 3.63) is 85.1 Å². The molecule has 0 aliphatic carbocycles. The highest BCUT2D eigenvalue weighted by Gasteiger charge is 2.19. The van der Waals surface area contributed by atoms with Gasteiger partial charge >= 0.3 is 17.9 Å². The molecule has 0 fully saturated rings. The van der Waals surface area contributed by atoms with Gasteiger partial charge in [0, 0.05) is 19.3 Å². The van der Waals surface area contributed by atoms with E-state index in [1.807, 2.05) is 0 Å². The molecule has 0 N–H and O–H groups in total. The third kappa shape index (κ3) is 49.6. The van der Waals surface area contributed by atoms with Crippen LogP contribution in [0.3, 0.4) is 0 Å². The molecule has 0 radical (unpaired) electrons. The van der Waals surface area contributed by atoms with E-state index in [0.29, 0.717) is 12.8 Å². The van der Waals surface area contributed by atoms with E-state index in [2.05, 4.69) is 106 Å². The lowest BCUT2D eigenvalue weighted by Crippen LogP contribution is -2.30. The van der Waals surface area contributed by atoms with Crippen LogP contribution >= 0.6 is 0 Å². The number of allylic oxidation sites excluding steroid dienone is 14. The van der Waals surface area contributed by atoms with E-state index < -0.39 is 6.10 Å². The molecule has 6 nitrogen and oxygen atoms in total. The lowest BCUT2D eigenvalue weighted by molar-refractivity contribution is -0.167. The van der Waals surface area contributed by atoms with Crippen LogP contribution in [0.25, 0.3) is 0 Å². The first-order valence-corrected chi connectivity index (χ1v) is 26.6. The van der Waals surface area contributed by atoms with Crippen molar-refractivity contribution < 1.29 is 28.6 Å². The monoisotopic (exact) mass is 891 g/mol. The SMILES string of the molecule is CC/C=C\C/C=C\C/C=C\C/C=C\C/C=C\CCCCCC(=O)O[C@H](COC(=O)CCCCCCC/C=C\C/C=C\CCCCC)COC(=O)CCCCCCCCCCCCCC. The molecule has 0 heterocycles. The number of carbonyl (C=O) groups is 3. The normalized spacial score (nSPS) is 12.7. The number of hydrogen-bond acceptors (Lipinski definition) is 6. The predicted octanol–water partition coefficient (Wildman–Crippen LogP) is 17.6. The number of carbonyl (C=O) groups excluding carboxylic acids is 3. The van der Waals surface area contributed by atoms with Gasteiger partial charge in [0.2, 0.25) is 0 Å². The fourth-order valence-electron chi connectivity index (χ4n) is 7.15. The van der Waals surface area contributed by atoms with Crippen molar-refractivity contribution in [1.82, 2.24) is 0 Å². The summed E-state index contributed by atoms with van der Waals surface area (Å²) in [6.45, 7) is 6.46. The first kappa shape index (κ1) is 60.6. The van der Waals surface area contributed by atoms with E-state index >= 15 is 0 Å². The van der Waals surface area contributed by atoms with Crippen molar-refractivity contribution in [1.29, 1.82) is 0 Å². The van der Waals surface area contributed by atoms with Crippen molar-refractivity contribution in [2.75, 3.05) is 13.2 Å². The van der Waals surface area contributed by atoms with Gasteiger partial charge in [0.15, 0.2) is 6.10 Å². The zero-order chi connectivity index (χ0) is 46.5. The van der Waals surface area contributed by atoms with E-state index in [0.717, 1.165) is 122 Å². The van der Waals surface area contributed by atoms with E-state index in [-0.39, 0.29) is 37.5 Å². The summed E-state index contributed by atoms with van der Waals surface area (Å²) in [6.07, 6.45) is 67.0. The van der Waals surface area contributed by atoms with Crippen LogP contribution in [0, 0.1) is 0 Å². The topological polar surface area (TPSA) is 78.9 Å². The number of unbranched alkanes of at least 4 members (excludes halogenated alkanes) is 22. The van der Waals surface area contributed by atoms with Gasteiger partial charge in [-0.25, -0.2) is 0 Å². The first-order chi connectivity index (χ1) is 31.5. The summed E-state index contributed by atoms with van der Waals surface area (Å²) in [4.78, 5) is 38.0. The molecular formula is C58H98O6. The Balaban J connectivity index is 4.47. The Morgan fingerprint density at radius 3 is 1.00 bits per heavy atom. The summed E-state index contributed by atoms with van der Waals surface area (Å²) < 4.78 is 16.8. The summed E-state index contributed by atoms with van der Waals surface area (Å²) in [6, 6.07) is 0. The Labute approximate surface area is 395 Å². The zero-order valence-corrected chi connectivity index (χ0v) is 41.8. The largest absolute Gasteiger partial charge is 0.462 e. The Hall–Kier alpha value is -3.41. The van der Waals surface area contributed by atoms with Crippen LogP contribution < -0.4 is 0 Å². The molecule has 0 amide bonds. The summed E-state index contributed by atoms with van der Waals surface area (Å²) >= 11 is 0. The molecule has 1 atom stereocenters. The van der Waals surface area contributed by atoms with Gasteiger partial charge in [-0.3, -0.25) is 14.4 Å². The van der Waals surface area contributed by atoms with Crippen molar-refractivity contribution >= 4 is 17.9 Å². The second-order valence-corrected chi connectivity index (χ2v) is 17.4. The van der Waals surface area contributed by atoms with E-state index in [1.165, 1.54) is 83.5 Å². The lowest BCUT2D eigenvalue weighted by atomic mass is 10.0. The quantitative estimate of drug-likeness (QED) is 0.0262. The summed E-state index contributed by atoms with van der Waals surface area (Å²) in [5.74, 6) is -0.939. The maximum absolute atomic E-state index is 12.8. The van der Waals surface area contributed by atoms with Crippen molar-refractivity contribution in [2.45, 2.75) is 252 Å². The highest BCUT2D eigenvalue weighted by Crippen LogP contribution is 2.14. The molecule has 0 saturated heterocycles. The molecule has 0 aromatic heterocycles. The summed E-state index contributed by atoms with van der Waals surface area (Å²) in [7, 11) is 0. The molecule has 0 saturated carbocycles. The molecular weight excluding hydrogens is 793 g/mol. The summed E-state index contributed by atoms with van der Waals surface area (Å²) in [5, 5.41) is 0. The molecule has 0 bridgehead atoms. The number of rotatable bonds is 47.